The van der Waals surface area contributed by atoms with Gasteiger partial charge in [0.25, 0.3) is 0 Å². The van der Waals surface area contributed by atoms with Crippen LogP contribution >= 0.6 is 34.7 Å². The summed E-state index contributed by atoms with van der Waals surface area (Å²) in [5.41, 5.74) is 0. The number of hydrogen-bond donors (Lipinski definition) is 1. The van der Waals surface area contributed by atoms with Crippen molar-refractivity contribution in [1.29, 1.82) is 0 Å². The number of halogens is 1. The van der Waals surface area contributed by atoms with Gasteiger partial charge in [-0.2, -0.15) is 0 Å². The van der Waals surface area contributed by atoms with Crippen LogP contribution in [0.5, 0.6) is 0 Å². The fourth-order valence-corrected chi connectivity index (χ4v) is 3.06. The molecule has 0 fully saturated rings. The van der Waals surface area contributed by atoms with E-state index in [1.54, 1.807) is 11.0 Å². The third-order valence-electron chi connectivity index (χ3n) is 2.16. The Morgan fingerprint density at radius 2 is 2.17 bits per heavy atom. The molecule has 0 aliphatic heterocycles. The lowest BCUT2D eigenvalue weighted by molar-refractivity contribution is -0.133. The molecule has 1 heterocycles. The molecule has 0 saturated carbocycles. The zero-order valence-electron chi connectivity index (χ0n) is 9.89. The van der Waals surface area contributed by atoms with Gasteiger partial charge in [-0.1, -0.05) is 11.6 Å². The molecule has 18 heavy (non-hydrogen) atoms. The second-order valence-corrected chi connectivity index (χ2v) is 6.29. The fourth-order valence-electron chi connectivity index (χ4n) is 1.32. The molecule has 1 aromatic heterocycles. The number of aliphatic carboxylic acids is 1. The summed E-state index contributed by atoms with van der Waals surface area (Å²) in [6.45, 7) is 3.03. The van der Waals surface area contributed by atoms with Crippen molar-refractivity contribution in [3.63, 3.8) is 0 Å². The standard InChI is InChI=1S/C11H14ClNO3S2/c1-2-13(5-8-3-4-9(12)18-8)10(14)6-17-7-11(15)16/h3-4H,2,5-7H2,1H3,(H,15,16). The zero-order chi connectivity index (χ0) is 13.5. The third-order valence-corrected chi connectivity index (χ3v) is 4.28. The minimum atomic E-state index is -0.902. The van der Waals surface area contributed by atoms with Crippen LogP contribution in [0.4, 0.5) is 0 Å². The van der Waals surface area contributed by atoms with Gasteiger partial charge in [-0.3, -0.25) is 9.59 Å². The molecule has 100 valence electrons. The van der Waals surface area contributed by atoms with E-state index in [9.17, 15) is 9.59 Å². The van der Waals surface area contributed by atoms with E-state index < -0.39 is 5.97 Å². The van der Waals surface area contributed by atoms with Crippen LogP contribution in [0.25, 0.3) is 0 Å². The van der Waals surface area contributed by atoms with E-state index in [0.717, 1.165) is 16.6 Å². The molecule has 0 aliphatic rings. The summed E-state index contributed by atoms with van der Waals surface area (Å²) in [4.78, 5) is 24.9. The highest BCUT2D eigenvalue weighted by Crippen LogP contribution is 2.22. The Morgan fingerprint density at radius 3 is 2.67 bits per heavy atom. The number of carbonyl (C=O) groups excluding carboxylic acids is 1. The van der Waals surface area contributed by atoms with E-state index in [1.165, 1.54) is 11.3 Å². The van der Waals surface area contributed by atoms with Crippen LogP contribution in [0.1, 0.15) is 11.8 Å². The Bertz CT molecular complexity index is 422. The topological polar surface area (TPSA) is 57.6 Å². The van der Waals surface area contributed by atoms with E-state index in [0.29, 0.717) is 17.4 Å². The van der Waals surface area contributed by atoms with Crippen molar-refractivity contribution in [2.45, 2.75) is 13.5 Å². The summed E-state index contributed by atoms with van der Waals surface area (Å²) in [7, 11) is 0. The number of nitrogens with zero attached hydrogens (tertiary/aromatic N) is 1. The number of carboxylic acids is 1. The molecule has 0 aromatic carbocycles. The third kappa shape index (κ3) is 5.29. The van der Waals surface area contributed by atoms with E-state index in [-0.39, 0.29) is 17.4 Å². The van der Waals surface area contributed by atoms with Crippen molar-refractivity contribution < 1.29 is 14.7 Å². The van der Waals surface area contributed by atoms with Gasteiger partial charge in [-0.25, -0.2) is 0 Å². The summed E-state index contributed by atoms with van der Waals surface area (Å²) < 4.78 is 0.703. The van der Waals surface area contributed by atoms with Crippen LogP contribution < -0.4 is 0 Å². The van der Waals surface area contributed by atoms with Crippen LogP contribution in [-0.2, 0) is 16.1 Å². The number of carbonyl (C=O) groups is 2. The van der Waals surface area contributed by atoms with Crippen molar-refractivity contribution in [1.82, 2.24) is 4.90 Å². The maximum absolute atomic E-state index is 11.9. The van der Waals surface area contributed by atoms with E-state index in [1.807, 2.05) is 13.0 Å². The molecule has 0 aliphatic carbocycles. The molecule has 1 N–H and O–H groups in total. The lowest BCUT2D eigenvalue weighted by Gasteiger charge is -2.19. The van der Waals surface area contributed by atoms with Crippen molar-refractivity contribution in [2.24, 2.45) is 0 Å². The highest BCUT2D eigenvalue weighted by atomic mass is 35.5. The quantitative estimate of drug-likeness (QED) is 0.841. The van der Waals surface area contributed by atoms with Crippen LogP contribution in [-0.4, -0.2) is 39.9 Å². The molecule has 1 rings (SSSR count). The van der Waals surface area contributed by atoms with E-state index in [4.69, 9.17) is 16.7 Å². The van der Waals surface area contributed by atoms with Gasteiger partial charge < -0.3 is 10.0 Å². The maximum Gasteiger partial charge on any atom is 0.313 e. The van der Waals surface area contributed by atoms with Gasteiger partial charge in [0.2, 0.25) is 5.91 Å². The lowest BCUT2D eigenvalue weighted by Crippen LogP contribution is -2.31. The first-order chi connectivity index (χ1) is 8.52. The SMILES string of the molecule is CCN(Cc1ccc(Cl)s1)C(=O)CSCC(=O)O. The van der Waals surface area contributed by atoms with Crippen molar-refractivity contribution in [3.05, 3.63) is 21.3 Å². The molecule has 0 saturated heterocycles. The summed E-state index contributed by atoms with van der Waals surface area (Å²) in [6.07, 6.45) is 0. The Kier molecular flexibility index (Phi) is 6.52. The summed E-state index contributed by atoms with van der Waals surface area (Å²) >= 11 is 8.39. The normalized spacial score (nSPS) is 10.3. The predicted molar refractivity (Wildman–Crippen MR) is 75.4 cm³/mol. The minimum absolute atomic E-state index is 0.0475. The minimum Gasteiger partial charge on any atom is -0.481 e. The van der Waals surface area contributed by atoms with Crippen LogP contribution in [0.2, 0.25) is 4.34 Å². The summed E-state index contributed by atoms with van der Waals surface area (Å²) in [6, 6.07) is 3.70. The molecule has 4 nitrogen and oxygen atoms in total. The second-order valence-electron chi connectivity index (χ2n) is 3.50. The Balaban J connectivity index is 2.44. The molecule has 0 radical (unpaired) electrons. The maximum atomic E-state index is 11.9. The van der Waals surface area contributed by atoms with Gasteiger partial charge in [0, 0.05) is 11.4 Å². The van der Waals surface area contributed by atoms with Crippen molar-refractivity contribution in [2.75, 3.05) is 18.1 Å². The van der Waals surface area contributed by atoms with Gasteiger partial charge in [0.1, 0.15) is 0 Å². The zero-order valence-corrected chi connectivity index (χ0v) is 12.3. The predicted octanol–water partition coefficient (Wildman–Crippen LogP) is 2.57. The smallest absolute Gasteiger partial charge is 0.313 e. The van der Waals surface area contributed by atoms with E-state index >= 15 is 0 Å². The second kappa shape index (κ2) is 7.66. The Labute approximate surface area is 119 Å². The average Bonchev–Trinajstić information content (AvgIpc) is 2.71. The van der Waals surface area contributed by atoms with Crippen LogP contribution in [0, 0.1) is 0 Å². The molecular formula is C11H14ClNO3S2. The average molecular weight is 308 g/mol. The van der Waals surface area contributed by atoms with E-state index in [2.05, 4.69) is 0 Å². The highest BCUT2D eigenvalue weighted by molar-refractivity contribution is 8.00. The van der Waals surface area contributed by atoms with Gasteiger partial charge in [0.05, 0.1) is 22.4 Å². The first-order valence-corrected chi connectivity index (χ1v) is 7.69. The largest absolute Gasteiger partial charge is 0.481 e. The van der Waals surface area contributed by atoms with Crippen molar-refractivity contribution in [3.8, 4) is 0 Å². The Morgan fingerprint density at radius 1 is 1.44 bits per heavy atom. The van der Waals surface area contributed by atoms with Gasteiger partial charge in [-0.15, -0.1) is 23.1 Å². The molecule has 7 heteroatoms. The first kappa shape index (κ1) is 15.3. The molecule has 0 spiro atoms. The molecule has 1 aromatic rings. The number of hydrogen-bond acceptors (Lipinski definition) is 4. The number of thioether (sulfide) groups is 1. The lowest BCUT2D eigenvalue weighted by atomic mass is 10.4. The molecular weight excluding hydrogens is 294 g/mol. The molecule has 0 atom stereocenters. The highest BCUT2D eigenvalue weighted by Gasteiger charge is 2.13. The van der Waals surface area contributed by atoms with Gasteiger partial charge in [-0.05, 0) is 19.1 Å². The number of amides is 1. The fraction of sp³-hybridized carbons (Fsp3) is 0.455. The van der Waals surface area contributed by atoms with Gasteiger partial charge in [0.15, 0.2) is 0 Å². The monoisotopic (exact) mass is 307 g/mol. The van der Waals surface area contributed by atoms with Crippen LogP contribution in [0.15, 0.2) is 12.1 Å². The molecule has 1 amide bonds. The molecule has 0 bridgehead atoms. The number of rotatable bonds is 7. The molecule has 0 unspecified atom stereocenters. The first-order valence-electron chi connectivity index (χ1n) is 5.34. The number of thiophene rings is 1. The Hall–Kier alpha value is -0.720. The van der Waals surface area contributed by atoms with Gasteiger partial charge >= 0.3 is 5.97 Å². The summed E-state index contributed by atoms with van der Waals surface area (Å²) in [5, 5.41) is 8.50. The number of carboxylic acid groups (broad SMARTS) is 1. The van der Waals surface area contributed by atoms with Crippen LogP contribution in [0.3, 0.4) is 0 Å². The summed E-state index contributed by atoms with van der Waals surface area (Å²) in [5.74, 6) is -0.804. The van der Waals surface area contributed by atoms with Crippen molar-refractivity contribution >= 4 is 46.6 Å².